The van der Waals surface area contributed by atoms with Gasteiger partial charge >= 0.3 is 0 Å². The standard InChI is InChI=1S/C14H17ClN2O2/c1-9(2)12(18)8-14-16-13(17-19-14)7-10-4-3-5-11(15)6-10/h3-6,9,12,18H,7-8H2,1-2H3. The van der Waals surface area contributed by atoms with Gasteiger partial charge in [0.25, 0.3) is 0 Å². The van der Waals surface area contributed by atoms with Crippen LogP contribution in [-0.4, -0.2) is 21.4 Å². The first kappa shape index (κ1) is 14.0. The Morgan fingerprint density at radius 3 is 2.84 bits per heavy atom. The summed E-state index contributed by atoms with van der Waals surface area (Å²) >= 11 is 5.92. The number of nitrogens with zero attached hydrogens (tertiary/aromatic N) is 2. The molecule has 1 aromatic carbocycles. The molecule has 1 unspecified atom stereocenters. The molecule has 0 saturated heterocycles. The van der Waals surface area contributed by atoms with Gasteiger partial charge in [0.15, 0.2) is 5.82 Å². The predicted molar refractivity (Wildman–Crippen MR) is 73.1 cm³/mol. The highest BCUT2D eigenvalue weighted by Crippen LogP contribution is 2.14. The molecule has 0 aliphatic carbocycles. The van der Waals surface area contributed by atoms with Crippen molar-refractivity contribution in [3.63, 3.8) is 0 Å². The van der Waals surface area contributed by atoms with Crippen molar-refractivity contribution in [2.24, 2.45) is 5.92 Å². The second-order valence-electron chi connectivity index (χ2n) is 4.93. The molecule has 0 aliphatic rings. The molecule has 4 nitrogen and oxygen atoms in total. The third-order valence-electron chi connectivity index (χ3n) is 2.91. The highest BCUT2D eigenvalue weighted by Gasteiger charge is 2.15. The minimum absolute atomic E-state index is 0.170. The summed E-state index contributed by atoms with van der Waals surface area (Å²) in [5.74, 6) is 1.25. The largest absolute Gasteiger partial charge is 0.392 e. The van der Waals surface area contributed by atoms with E-state index >= 15 is 0 Å². The summed E-state index contributed by atoms with van der Waals surface area (Å²) in [5.41, 5.74) is 1.03. The van der Waals surface area contributed by atoms with Crippen molar-refractivity contribution >= 4 is 11.6 Å². The van der Waals surface area contributed by atoms with Crippen LogP contribution in [0.25, 0.3) is 0 Å². The molecule has 1 atom stereocenters. The first-order valence-corrected chi connectivity index (χ1v) is 6.66. The van der Waals surface area contributed by atoms with Crippen molar-refractivity contribution in [2.45, 2.75) is 32.8 Å². The zero-order valence-electron chi connectivity index (χ0n) is 11.0. The average molecular weight is 281 g/mol. The van der Waals surface area contributed by atoms with E-state index < -0.39 is 6.10 Å². The van der Waals surface area contributed by atoms with Gasteiger partial charge in [0, 0.05) is 11.4 Å². The molecule has 1 heterocycles. The van der Waals surface area contributed by atoms with Crippen molar-refractivity contribution in [3.8, 4) is 0 Å². The lowest BCUT2D eigenvalue weighted by Gasteiger charge is -2.10. The molecule has 1 aromatic heterocycles. The topological polar surface area (TPSA) is 59.2 Å². The highest BCUT2D eigenvalue weighted by atomic mass is 35.5. The smallest absolute Gasteiger partial charge is 0.229 e. The van der Waals surface area contributed by atoms with E-state index in [1.807, 2.05) is 38.1 Å². The Hall–Kier alpha value is -1.39. The molecule has 1 N–H and O–H groups in total. The van der Waals surface area contributed by atoms with Crippen LogP contribution in [0.4, 0.5) is 0 Å². The van der Waals surface area contributed by atoms with E-state index in [2.05, 4.69) is 10.1 Å². The van der Waals surface area contributed by atoms with Gasteiger partial charge in [-0.25, -0.2) is 0 Å². The molecule has 0 aliphatic heterocycles. The van der Waals surface area contributed by atoms with Gasteiger partial charge in [-0.3, -0.25) is 0 Å². The summed E-state index contributed by atoms with van der Waals surface area (Å²) < 4.78 is 5.13. The fraction of sp³-hybridized carbons (Fsp3) is 0.429. The van der Waals surface area contributed by atoms with E-state index in [1.54, 1.807) is 0 Å². The predicted octanol–water partition coefficient (Wildman–Crippen LogP) is 2.87. The van der Waals surface area contributed by atoms with Crippen LogP contribution >= 0.6 is 11.6 Å². The van der Waals surface area contributed by atoms with Crippen LogP contribution in [0.1, 0.15) is 31.1 Å². The van der Waals surface area contributed by atoms with Crippen molar-refractivity contribution in [1.29, 1.82) is 0 Å². The second kappa shape index (κ2) is 6.17. The number of hydrogen-bond donors (Lipinski definition) is 1. The van der Waals surface area contributed by atoms with Gasteiger partial charge in [0.2, 0.25) is 5.89 Å². The number of rotatable bonds is 5. The molecule has 0 fully saturated rings. The normalized spacial score (nSPS) is 12.9. The summed E-state index contributed by atoms with van der Waals surface area (Å²) in [6, 6.07) is 7.55. The van der Waals surface area contributed by atoms with E-state index in [0.29, 0.717) is 29.6 Å². The maximum Gasteiger partial charge on any atom is 0.229 e. The van der Waals surface area contributed by atoms with E-state index in [0.717, 1.165) is 5.56 Å². The first-order chi connectivity index (χ1) is 9.04. The summed E-state index contributed by atoms with van der Waals surface area (Å²) in [4.78, 5) is 4.28. The van der Waals surface area contributed by atoms with Crippen molar-refractivity contribution in [1.82, 2.24) is 10.1 Å². The molecule has 0 saturated carbocycles. The van der Waals surface area contributed by atoms with Gasteiger partial charge in [-0.05, 0) is 23.6 Å². The number of hydrogen-bond acceptors (Lipinski definition) is 4. The molecule has 5 heteroatoms. The van der Waals surface area contributed by atoms with Crippen LogP contribution in [-0.2, 0) is 12.8 Å². The molecule has 0 radical (unpaired) electrons. The quantitative estimate of drug-likeness (QED) is 0.915. The second-order valence-corrected chi connectivity index (χ2v) is 5.36. The lowest BCUT2D eigenvalue weighted by atomic mass is 10.0. The summed E-state index contributed by atoms with van der Waals surface area (Å²) in [6.45, 7) is 3.90. The van der Waals surface area contributed by atoms with Crippen LogP contribution in [0.2, 0.25) is 5.02 Å². The van der Waals surface area contributed by atoms with Crippen molar-refractivity contribution < 1.29 is 9.63 Å². The Balaban J connectivity index is 2.01. The molecular formula is C14H17ClN2O2. The summed E-state index contributed by atoms with van der Waals surface area (Å²) in [7, 11) is 0. The van der Waals surface area contributed by atoms with Gasteiger partial charge < -0.3 is 9.63 Å². The molecule has 102 valence electrons. The molecule has 2 rings (SSSR count). The van der Waals surface area contributed by atoms with Crippen LogP contribution in [0.3, 0.4) is 0 Å². The maximum atomic E-state index is 9.77. The highest BCUT2D eigenvalue weighted by molar-refractivity contribution is 6.30. The van der Waals surface area contributed by atoms with Crippen LogP contribution in [0.5, 0.6) is 0 Å². The summed E-state index contributed by atoms with van der Waals surface area (Å²) in [6.07, 6.45) is 0.502. The van der Waals surface area contributed by atoms with Crippen LogP contribution in [0.15, 0.2) is 28.8 Å². The van der Waals surface area contributed by atoms with Crippen LogP contribution < -0.4 is 0 Å². The third kappa shape index (κ3) is 4.04. The van der Waals surface area contributed by atoms with Gasteiger partial charge in [0.05, 0.1) is 12.5 Å². The zero-order valence-corrected chi connectivity index (χ0v) is 11.8. The number of aliphatic hydroxyl groups is 1. The fourth-order valence-electron chi connectivity index (χ4n) is 1.69. The van der Waals surface area contributed by atoms with E-state index in [9.17, 15) is 5.11 Å². The Morgan fingerprint density at radius 2 is 2.16 bits per heavy atom. The number of aromatic nitrogens is 2. The minimum atomic E-state index is -0.459. The van der Waals surface area contributed by atoms with Gasteiger partial charge in [-0.1, -0.05) is 42.7 Å². The van der Waals surface area contributed by atoms with Crippen LogP contribution in [0, 0.1) is 5.92 Å². The Morgan fingerprint density at radius 1 is 1.37 bits per heavy atom. The summed E-state index contributed by atoms with van der Waals surface area (Å²) in [5, 5.41) is 14.4. The third-order valence-corrected chi connectivity index (χ3v) is 3.15. The Labute approximate surface area is 117 Å². The minimum Gasteiger partial charge on any atom is -0.392 e. The molecule has 0 bridgehead atoms. The zero-order chi connectivity index (χ0) is 13.8. The maximum absolute atomic E-state index is 9.77. The van der Waals surface area contributed by atoms with E-state index in [1.165, 1.54) is 0 Å². The van der Waals surface area contributed by atoms with Crippen molar-refractivity contribution in [3.05, 3.63) is 46.6 Å². The Bertz CT molecular complexity index is 540. The molecule has 0 spiro atoms. The Kier molecular flexibility index (Phi) is 4.56. The van der Waals surface area contributed by atoms with E-state index in [-0.39, 0.29) is 5.92 Å². The number of aliphatic hydroxyl groups excluding tert-OH is 1. The fourth-order valence-corrected chi connectivity index (χ4v) is 1.90. The lowest BCUT2D eigenvalue weighted by Crippen LogP contribution is -2.17. The number of halogens is 1. The molecular weight excluding hydrogens is 264 g/mol. The van der Waals surface area contributed by atoms with Gasteiger partial charge in [0.1, 0.15) is 0 Å². The first-order valence-electron chi connectivity index (χ1n) is 6.28. The molecule has 19 heavy (non-hydrogen) atoms. The van der Waals surface area contributed by atoms with Crippen molar-refractivity contribution in [2.75, 3.05) is 0 Å². The molecule has 2 aromatic rings. The average Bonchev–Trinajstić information content (AvgIpc) is 2.76. The molecule has 0 amide bonds. The van der Waals surface area contributed by atoms with Gasteiger partial charge in [-0.2, -0.15) is 4.98 Å². The SMILES string of the molecule is CC(C)C(O)Cc1nc(Cc2cccc(Cl)c2)no1. The lowest BCUT2D eigenvalue weighted by molar-refractivity contribution is 0.116. The monoisotopic (exact) mass is 280 g/mol. The van der Waals surface area contributed by atoms with Gasteiger partial charge in [-0.15, -0.1) is 0 Å². The van der Waals surface area contributed by atoms with E-state index in [4.69, 9.17) is 16.1 Å². The number of benzene rings is 1.